The molecule has 2 unspecified atom stereocenters. The first-order valence-corrected chi connectivity index (χ1v) is 11.2. The van der Waals surface area contributed by atoms with Crippen molar-refractivity contribution in [1.82, 2.24) is 15.5 Å². The van der Waals surface area contributed by atoms with Crippen molar-refractivity contribution >= 4 is 41.3 Å². The molecule has 0 aromatic carbocycles. The van der Waals surface area contributed by atoms with E-state index in [1.54, 1.807) is 11.3 Å². The minimum Gasteiger partial charge on any atom is -0.396 e. The molecule has 0 radical (unpaired) electrons. The molecule has 3 N–H and O–H groups in total. The summed E-state index contributed by atoms with van der Waals surface area (Å²) >= 11 is 1.80. The minimum absolute atomic E-state index is 0. The fourth-order valence-electron chi connectivity index (χ4n) is 3.85. The Bertz CT molecular complexity index is 591. The third-order valence-electron chi connectivity index (χ3n) is 5.56. The Morgan fingerprint density at radius 2 is 2.14 bits per heavy atom. The molecule has 29 heavy (non-hydrogen) atoms. The molecule has 2 fully saturated rings. The number of hydrogen-bond acceptors (Lipinski definition) is 6. The predicted octanol–water partition coefficient (Wildman–Crippen LogP) is 2.08. The van der Waals surface area contributed by atoms with Crippen LogP contribution in [-0.4, -0.2) is 81.7 Å². The summed E-state index contributed by atoms with van der Waals surface area (Å²) in [7, 11) is 0. The van der Waals surface area contributed by atoms with Crippen LogP contribution in [0.2, 0.25) is 0 Å². The van der Waals surface area contributed by atoms with E-state index in [0.717, 1.165) is 64.8 Å². The monoisotopic (exact) mass is 538 g/mol. The van der Waals surface area contributed by atoms with E-state index in [2.05, 4.69) is 40.0 Å². The van der Waals surface area contributed by atoms with Crippen LogP contribution in [0, 0.1) is 5.41 Å². The highest BCUT2D eigenvalue weighted by Crippen LogP contribution is 2.32. The van der Waals surface area contributed by atoms with Crippen molar-refractivity contribution in [3.8, 4) is 0 Å². The highest BCUT2D eigenvalue weighted by molar-refractivity contribution is 14.0. The van der Waals surface area contributed by atoms with Gasteiger partial charge in [-0.15, -0.1) is 35.3 Å². The third-order valence-corrected chi connectivity index (χ3v) is 6.54. The molecule has 3 heterocycles. The normalized spacial score (nSPS) is 24.1. The van der Waals surface area contributed by atoms with Gasteiger partial charge in [-0.3, -0.25) is 9.89 Å². The number of thiophene rings is 1. The number of halogens is 1. The number of morpholine rings is 1. The Kier molecular flexibility index (Phi) is 11.2. The van der Waals surface area contributed by atoms with Gasteiger partial charge in [0.05, 0.1) is 32.4 Å². The molecular weight excluding hydrogens is 503 g/mol. The summed E-state index contributed by atoms with van der Waals surface area (Å²) < 4.78 is 11.1. The quantitative estimate of drug-likeness (QED) is 0.254. The standard InChI is InChI=1S/C20H34N4O3S.HI/c1-2-21-19(23-15-20(5-9-25)6-10-27-16-20)22-14-17(18-4-3-13-28-18)24-7-11-26-12-8-24;/h3-4,13,17,25H,2,5-12,14-16H2,1H3,(H2,21,22,23);1H. The van der Waals surface area contributed by atoms with Gasteiger partial charge in [-0.25, -0.2) is 0 Å². The number of guanidine groups is 1. The first-order chi connectivity index (χ1) is 13.8. The summed E-state index contributed by atoms with van der Waals surface area (Å²) in [5.41, 5.74) is -0.0333. The van der Waals surface area contributed by atoms with Crippen LogP contribution in [0.4, 0.5) is 0 Å². The summed E-state index contributed by atoms with van der Waals surface area (Å²) in [5, 5.41) is 18.5. The Morgan fingerprint density at radius 3 is 2.76 bits per heavy atom. The van der Waals surface area contributed by atoms with Gasteiger partial charge in [-0.05, 0) is 31.2 Å². The van der Waals surface area contributed by atoms with Crippen LogP contribution < -0.4 is 10.6 Å². The summed E-state index contributed by atoms with van der Waals surface area (Å²) in [6, 6.07) is 4.64. The van der Waals surface area contributed by atoms with Crippen LogP contribution in [0.25, 0.3) is 0 Å². The molecule has 2 atom stereocenters. The van der Waals surface area contributed by atoms with Crippen molar-refractivity contribution < 1.29 is 14.6 Å². The second kappa shape index (κ2) is 13.1. The molecule has 0 bridgehead atoms. The second-order valence-electron chi connectivity index (χ2n) is 7.53. The summed E-state index contributed by atoms with van der Waals surface area (Å²) in [5.74, 6) is 0.835. The lowest BCUT2D eigenvalue weighted by atomic mass is 9.84. The first kappa shape index (κ1) is 24.8. The van der Waals surface area contributed by atoms with E-state index in [4.69, 9.17) is 14.5 Å². The Labute approximate surface area is 195 Å². The van der Waals surface area contributed by atoms with Crippen molar-refractivity contribution in [2.24, 2.45) is 10.4 Å². The number of hydrogen-bond donors (Lipinski definition) is 3. The smallest absolute Gasteiger partial charge is 0.191 e. The number of ether oxygens (including phenoxy) is 2. The van der Waals surface area contributed by atoms with E-state index >= 15 is 0 Å². The average molecular weight is 538 g/mol. The Morgan fingerprint density at radius 1 is 1.31 bits per heavy atom. The Balaban J connectivity index is 0.00000300. The van der Waals surface area contributed by atoms with Crippen LogP contribution in [-0.2, 0) is 9.47 Å². The van der Waals surface area contributed by atoms with Gasteiger partial charge in [-0.1, -0.05) is 6.07 Å². The van der Waals surface area contributed by atoms with E-state index in [0.29, 0.717) is 19.2 Å². The van der Waals surface area contributed by atoms with Crippen LogP contribution in [0.15, 0.2) is 22.5 Å². The third kappa shape index (κ3) is 7.32. The number of aliphatic hydroxyl groups is 1. The predicted molar refractivity (Wildman–Crippen MR) is 128 cm³/mol. The largest absolute Gasteiger partial charge is 0.396 e. The SMILES string of the molecule is CCNC(=NCC1(CCO)CCOC1)NCC(c1cccs1)N1CCOCC1.I. The fourth-order valence-corrected chi connectivity index (χ4v) is 4.71. The van der Waals surface area contributed by atoms with Crippen molar-refractivity contribution in [2.75, 3.05) is 65.8 Å². The summed E-state index contributed by atoms with van der Waals surface area (Å²) in [4.78, 5) is 8.71. The zero-order chi connectivity index (χ0) is 19.7. The molecule has 3 rings (SSSR count). The van der Waals surface area contributed by atoms with Gasteiger partial charge in [0.15, 0.2) is 5.96 Å². The fraction of sp³-hybridized carbons (Fsp3) is 0.750. The number of nitrogens with one attached hydrogen (secondary N) is 2. The van der Waals surface area contributed by atoms with Crippen LogP contribution >= 0.6 is 35.3 Å². The number of nitrogens with zero attached hydrogens (tertiary/aromatic N) is 2. The molecule has 2 saturated heterocycles. The minimum atomic E-state index is -0.0333. The molecule has 0 amide bonds. The molecule has 1 aromatic heterocycles. The van der Waals surface area contributed by atoms with Crippen LogP contribution in [0.5, 0.6) is 0 Å². The molecule has 9 heteroatoms. The van der Waals surface area contributed by atoms with Gasteiger partial charge in [-0.2, -0.15) is 0 Å². The van der Waals surface area contributed by atoms with E-state index in [1.807, 2.05) is 0 Å². The zero-order valence-electron chi connectivity index (χ0n) is 17.3. The van der Waals surface area contributed by atoms with Gasteiger partial charge < -0.3 is 25.2 Å². The summed E-state index contributed by atoms with van der Waals surface area (Å²) in [6.45, 7) is 9.48. The maximum atomic E-state index is 9.44. The van der Waals surface area contributed by atoms with Gasteiger partial charge in [0, 0.05) is 49.7 Å². The molecule has 0 spiro atoms. The van der Waals surface area contributed by atoms with E-state index in [9.17, 15) is 5.11 Å². The molecule has 0 aliphatic carbocycles. The number of rotatable bonds is 9. The number of aliphatic imine (C=N–C) groups is 1. The lowest BCUT2D eigenvalue weighted by molar-refractivity contribution is 0.0177. The highest BCUT2D eigenvalue weighted by Gasteiger charge is 2.34. The lowest BCUT2D eigenvalue weighted by Gasteiger charge is -2.34. The maximum absolute atomic E-state index is 9.44. The topological polar surface area (TPSA) is 78.4 Å². The zero-order valence-corrected chi connectivity index (χ0v) is 20.4. The van der Waals surface area contributed by atoms with Gasteiger partial charge in [0.2, 0.25) is 0 Å². The molecular formula is C20H35IN4O3S. The maximum Gasteiger partial charge on any atom is 0.191 e. The van der Waals surface area contributed by atoms with Crippen LogP contribution in [0.1, 0.15) is 30.7 Å². The van der Waals surface area contributed by atoms with Crippen molar-refractivity contribution in [1.29, 1.82) is 0 Å². The van der Waals surface area contributed by atoms with Gasteiger partial charge >= 0.3 is 0 Å². The average Bonchev–Trinajstić information content (AvgIpc) is 3.40. The second-order valence-corrected chi connectivity index (χ2v) is 8.51. The Hall–Kier alpha value is -0.460. The molecule has 7 nitrogen and oxygen atoms in total. The molecule has 2 aliphatic heterocycles. The van der Waals surface area contributed by atoms with Gasteiger partial charge in [0.1, 0.15) is 0 Å². The summed E-state index contributed by atoms with van der Waals surface area (Å²) in [6.07, 6.45) is 1.70. The van der Waals surface area contributed by atoms with Gasteiger partial charge in [0.25, 0.3) is 0 Å². The lowest BCUT2D eigenvalue weighted by Crippen LogP contribution is -2.46. The van der Waals surface area contributed by atoms with Crippen molar-refractivity contribution in [3.05, 3.63) is 22.4 Å². The molecule has 166 valence electrons. The highest BCUT2D eigenvalue weighted by atomic mass is 127. The molecule has 1 aromatic rings. The van der Waals surface area contributed by atoms with E-state index in [1.165, 1.54) is 4.88 Å². The van der Waals surface area contributed by atoms with E-state index < -0.39 is 0 Å². The van der Waals surface area contributed by atoms with E-state index in [-0.39, 0.29) is 36.0 Å². The molecule has 2 aliphatic rings. The number of aliphatic hydroxyl groups excluding tert-OH is 1. The van der Waals surface area contributed by atoms with Crippen molar-refractivity contribution in [3.63, 3.8) is 0 Å². The first-order valence-electron chi connectivity index (χ1n) is 10.3. The molecule has 0 saturated carbocycles. The van der Waals surface area contributed by atoms with Crippen LogP contribution in [0.3, 0.4) is 0 Å². The van der Waals surface area contributed by atoms with Crippen molar-refractivity contribution in [2.45, 2.75) is 25.8 Å².